The Morgan fingerprint density at radius 1 is 0.914 bits per heavy atom. The van der Waals surface area contributed by atoms with Crippen LogP contribution in [0.2, 0.25) is 5.02 Å². The molecule has 4 rings (SSSR count). The second-order valence-electron chi connectivity index (χ2n) is 7.10. The smallest absolute Gasteiger partial charge is 0.339 e. The van der Waals surface area contributed by atoms with Crippen molar-refractivity contribution in [3.05, 3.63) is 91.8 Å². The van der Waals surface area contributed by atoms with Gasteiger partial charge >= 0.3 is 16.1 Å². The minimum Gasteiger partial charge on any atom is -0.377 e. The first-order chi connectivity index (χ1) is 16.6. The Balaban J connectivity index is 1.68. The molecule has 35 heavy (non-hydrogen) atoms. The summed E-state index contributed by atoms with van der Waals surface area (Å²) in [6.07, 6.45) is 1.27. The predicted octanol–water partition coefficient (Wildman–Crippen LogP) is 5.30. The van der Waals surface area contributed by atoms with Crippen molar-refractivity contribution >= 4 is 83.2 Å². The Labute approximate surface area is 221 Å². The maximum absolute atomic E-state index is 13.0. The lowest BCUT2D eigenvalue weighted by Crippen LogP contribution is -2.54. The van der Waals surface area contributed by atoms with Crippen LogP contribution >= 0.6 is 43.5 Å². The van der Waals surface area contributed by atoms with E-state index in [0.717, 1.165) is 4.90 Å². The zero-order chi connectivity index (χ0) is 25.3. The fraction of sp³-hybridized carbons (Fsp3) is 0. The SMILES string of the molecule is O=C1NC(=O)N(c2cccc(Cl)c2)C(=O)/C1=C/c1cc(Br)c(OS(=O)(=O)c2ccccc2)c(Br)c1. The highest BCUT2D eigenvalue weighted by molar-refractivity contribution is 9.11. The molecular formula is C23H13Br2ClN2O6S. The second kappa shape index (κ2) is 9.94. The van der Waals surface area contributed by atoms with Crippen molar-refractivity contribution in [3.8, 4) is 5.75 Å². The molecule has 1 aliphatic rings. The molecule has 4 amide bonds. The summed E-state index contributed by atoms with van der Waals surface area (Å²) in [5.41, 5.74) is 0.233. The standard InChI is InChI=1S/C23H13Br2ClN2O6S/c24-18-10-13(11-19(25)20(18)34-35(32,33)16-7-2-1-3-8-16)9-17-21(29)27-23(31)28(22(17)30)15-6-4-5-14(26)12-15/h1-12H,(H,27,29,31)/b17-9+. The lowest BCUT2D eigenvalue weighted by Gasteiger charge is -2.26. The van der Waals surface area contributed by atoms with Crippen LogP contribution in [0, 0.1) is 0 Å². The molecule has 1 heterocycles. The number of imide groups is 2. The summed E-state index contributed by atoms with van der Waals surface area (Å²) in [5.74, 6) is -1.75. The molecule has 1 saturated heterocycles. The topological polar surface area (TPSA) is 110 Å². The number of hydrogen-bond donors (Lipinski definition) is 1. The first-order valence-electron chi connectivity index (χ1n) is 9.72. The van der Waals surface area contributed by atoms with E-state index in [1.807, 2.05) is 0 Å². The van der Waals surface area contributed by atoms with Crippen molar-refractivity contribution in [3.63, 3.8) is 0 Å². The van der Waals surface area contributed by atoms with Crippen molar-refractivity contribution < 1.29 is 27.0 Å². The number of barbiturate groups is 1. The van der Waals surface area contributed by atoms with Crippen molar-refractivity contribution in [2.45, 2.75) is 4.90 Å². The Hall–Kier alpha value is -2.99. The van der Waals surface area contributed by atoms with Gasteiger partial charge in [0.05, 0.1) is 14.6 Å². The third-order valence-electron chi connectivity index (χ3n) is 4.72. The fourth-order valence-corrected chi connectivity index (χ4v) is 5.93. The van der Waals surface area contributed by atoms with Crippen LogP contribution in [-0.4, -0.2) is 26.3 Å². The highest BCUT2D eigenvalue weighted by atomic mass is 79.9. The van der Waals surface area contributed by atoms with Crippen molar-refractivity contribution in [1.29, 1.82) is 0 Å². The number of hydrogen-bond acceptors (Lipinski definition) is 6. The van der Waals surface area contributed by atoms with E-state index in [9.17, 15) is 22.8 Å². The van der Waals surface area contributed by atoms with Crippen LogP contribution in [0.4, 0.5) is 10.5 Å². The number of carbonyl (C=O) groups is 3. The third kappa shape index (κ3) is 5.32. The fourth-order valence-electron chi connectivity index (χ4n) is 3.16. The summed E-state index contributed by atoms with van der Waals surface area (Å²) in [6.45, 7) is 0. The molecule has 1 aliphatic heterocycles. The first kappa shape index (κ1) is 25.1. The summed E-state index contributed by atoms with van der Waals surface area (Å²) in [4.78, 5) is 38.6. The van der Waals surface area contributed by atoms with Gasteiger partial charge in [0.25, 0.3) is 11.8 Å². The molecule has 0 atom stereocenters. The molecule has 0 unspecified atom stereocenters. The zero-order valence-electron chi connectivity index (χ0n) is 17.4. The van der Waals surface area contributed by atoms with E-state index in [-0.39, 0.29) is 30.9 Å². The molecule has 3 aromatic carbocycles. The van der Waals surface area contributed by atoms with Gasteiger partial charge in [-0.1, -0.05) is 35.9 Å². The van der Waals surface area contributed by atoms with E-state index in [4.69, 9.17) is 15.8 Å². The van der Waals surface area contributed by atoms with Gasteiger partial charge in [-0.15, -0.1) is 0 Å². The number of anilines is 1. The van der Waals surface area contributed by atoms with Gasteiger partial charge in [0.15, 0.2) is 5.75 Å². The molecule has 8 nitrogen and oxygen atoms in total. The highest BCUT2D eigenvalue weighted by Crippen LogP contribution is 2.37. The number of rotatable bonds is 5. The average molecular weight is 641 g/mol. The van der Waals surface area contributed by atoms with Crippen LogP contribution in [0.1, 0.15) is 5.56 Å². The molecule has 0 aliphatic carbocycles. The van der Waals surface area contributed by atoms with E-state index in [0.29, 0.717) is 10.6 Å². The van der Waals surface area contributed by atoms with Gasteiger partial charge in [-0.2, -0.15) is 8.42 Å². The summed E-state index contributed by atoms with van der Waals surface area (Å²) >= 11 is 12.5. The van der Waals surface area contributed by atoms with E-state index in [1.165, 1.54) is 42.5 Å². The van der Waals surface area contributed by atoms with Crippen LogP contribution in [0.25, 0.3) is 6.08 Å². The largest absolute Gasteiger partial charge is 0.377 e. The lowest BCUT2D eigenvalue weighted by atomic mass is 10.1. The number of halogens is 3. The van der Waals surface area contributed by atoms with Gasteiger partial charge in [-0.25, -0.2) is 9.69 Å². The van der Waals surface area contributed by atoms with Crippen molar-refractivity contribution in [2.24, 2.45) is 0 Å². The highest BCUT2D eigenvalue weighted by Gasteiger charge is 2.37. The molecule has 0 aromatic heterocycles. The van der Waals surface area contributed by atoms with Crippen LogP contribution in [0.5, 0.6) is 5.75 Å². The lowest BCUT2D eigenvalue weighted by molar-refractivity contribution is -0.122. The minimum absolute atomic E-state index is 0.0221. The molecular weight excluding hydrogens is 628 g/mol. The molecule has 1 fully saturated rings. The van der Waals surface area contributed by atoms with Crippen LogP contribution in [0.15, 0.2) is 86.1 Å². The summed E-state index contributed by atoms with van der Waals surface area (Å²) in [7, 11) is -4.11. The molecule has 178 valence electrons. The Kier molecular flexibility index (Phi) is 7.13. The molecule has 0 saturated carbocycles. The van der Waals surface area contributed by atoms with Gasteiger partial charge in [-0.05, 0) is 86.0 Å². The molecule has 1 N–H and O–H groups in total. The monoisotopic (exact) mass is 638 g/mol. The van der Waals surface area contributed by atoms with E-state index in [2.05, 4.69) is 37.2 Å². The summed E-state index contributed by atoms with van der Waals surface area (Å²) in [6, 6.07) is 15.7. The minimum atomic E-state index is -4.11. The Bertz CT molecular complexity index is 1490. The second-order valence-corrected chi connectivity index (χ2v) is 10.8. The number of amides is 4. The van der Waals surface area contributed by atoms with E-state index in [1.54, 1.807) is 30.3 Å². The number of carbonyl (C=O) groups excluding carboxylic acids is 3. The van der Waals surface area contributed by atoms with Crippen LogP contribution in [0.3, 0.4) is 0 Å². The zero-order valence-corrected chi connectivity index (χ0v) is 22.1. The Morgan fingerprint density at radius 2 is 1.57 bits per heavy atom. The van der Waals surface area contributed by atoms with Crippen molar-refractivity contribution in [2.75, 3.05) is 4.90 Å². The average Bonchev–Trinajstić information content (AvgIpc) is 2.80. The predicted molar refractivity (Wildman–Crippen MR) is 137 cm³/mol. The Morgan fingerprint density at radius 3 is 2.20 bits per heavy atom. The molecule has 12 heteroatoms. The summed E-state index contributed by atoms with van der Waals surface area (Å²) in [5, 5.41) is 2.43. The van der Waals surface area contributed by atoms with Crippen LogP contribution < -0.4 is 14.4 Å². The van der Waals surface area contributed by atoms with Crippen LogP contribution in [-0.2, 0) is 19.7 Å². The number of nitrogens with one attached hydrogen (secondary N) is 1. The number of benzene rings is 3. The maximum Gasteiger partial charge on any atom is 0.339 e. The van der Waals surface area contributed by atoms with Crippen molar-refractivity contribution in [1.82, 2.24) is 5.32 Å². The molecule has 3 aromatic rings. The van der Waals surface area contributed by atoms with E-state index >= 15 is 0 Å². The summed E-state index contributed by atoms with van der Waals surface area (Å²) < 4.78 is 31.0. The van der Waals surface area contributed by atoms with Gasteiger partial charge < -0.3 is 4.18 Å². The third-order valence-corrected chi connectivity index (χ3v) is 7.37. The quantitative estimate of drug-likeness (QED) is 0.230. The van der Waals surface area contributed by atoms with Gasteiger partial charge in [0.2, 0.25) is 0 Å². The van der Waals surface area contributed by atoms with Gasteiger partial charge in [-0.3, -0.25) is 14.9 Å². The van der Waals surface area contributed by atoms with Gasteiger partial charge in [0, 0.05) is 5.02 Å². The molecule has 0 spiro atoms. The normalized spacial score (nSPS) is 15.3. The number of urea groups is 1. The van der Waals surface area contributed by atoms with E-state index < -0.39 is 28.0 Å². The van der Waals surface area contributed by atoms with Gasteiger partial charge in [0.1, 0.15) is 10.5 Å². The maximum atomic E-state index is 13.0. The molecule has 0 bridgehead atoms. The first-order valence-corrected chi connectivity index (χ1v) is 13.1. The number of nitrogens with zero attached hydrogens (tertiary/aromatic N) is 1. The molecule has 0 radical (unpaired) electrons.